The third kappa shape index (κ3) is 3.38. The van der Waals surface area contributed by atoms with Gasteiger partial charge in [-0.3, -0.25) is 4.79 Å². The van der Waals surface area contributed by atoms with Crippen LogP contribution in [0.3, 0.4) is 0 Å². The maximum Gasteiger partial charge on any atom is 0.274 e. The Morgan fingerprint density at radius 3 is 2.74 bits per heavy atom. The third-order valence-corrected chi connectivity index (χ3v) is 5.36. The number of carbonyl (C=O) groups is 1. The molecule has 1 aliphatic rings. The smallest absolute Gasteiger partial charge is 0.274 e. The first kappa shape index (κ1) is 17.8. The maximum absolute atomic E-state index is 13.0. The molecule has 2 aromatic heterocycles. The van der Waals surface area contributed by atoms with Crippen molar-refractivity contribution in [1.82, 2.24) is 14.7 Å². The minimum absolute atomic E-state index is 0.0295. The van der Waals surface area contributed by atoms with Gasteiger partial charge in [0.25, 0.3) is 5.91 Å². The van der Waals surface area contributed by atoms with Gasteiger partial charge < -0.3 is 15.1 Å². The van der Waals surface area contributed by atoms with Gasteiger partial charge in [0.05, 0.1) is 12.0 Å². The SMILES string of the molecule is CC1(CN)CCN(C(=O)c2cc(-c3ccco3)n(-c3ccc(Cl)cc3)n2)C1. The van der Waals surface area contributed by atoms with Crippen LogP contribution in [0.15, 0.2) is 53.1 Å². The van der Waals surface area contributed by atoms with Crippen molar-refractivity contribution >= 4 is 17.5 Å². The molecule has 0 radical (unpaired) electrons. The Hall–Kier alpha value is -2.57. The summed E-state index contributed by atoms with van der Waals surface area (Å²) in [7, 11) is 0. The van der Waals surface area contributed by atoms with Crippen LogP contribution in [-0.4, -0.2) is 40.2 Å². The first-order chi connectivity index (χ1) is 13.0. The largest absolute Gasteiger partial charge is 0.463 e. The summed E-state index contributed by atoms with van der Waals surface area (Å²) < 4.78 is 7.26. The molecule has 3 heterocycles. The van der Waals surface area contributed by atoms with E-state index in [1.807, 2.05) is 29.2 Å². The molecule has 1 atom stereocenters. The van der Waals surface area contributed by atoms with Gasteiger partial charge in [0.2, 0.25) is 0 Å². The minimum atomic E-state index is -0.0901. The number of carbonyl (C=O) groups excluding carboxylic acids is 1. The first-order valence-electron chi connectivity index (χ1n) is 8.88. The van der Waals surface area contributed by atoms with E-state index in [1.165, 1.54) is 0 Å². The fraction of sp³-hybridized carbons (Fsp3) is 0.300. The van der Waals surface area contributed by atoms with Gasteiger partial charge in [-0.2, -0.15) is 5.10 Å². The van der Waals surface area contributed by atoms with Crippen LogP contribution >= 0.6 is 11.6 Å². The van der Waals surface area contributed by atoms with E-state index in [1.54, 1.807) is 29.1 Å². The fourth-order valence-corrected chi connectivity index (χ4v) is 3.52. The molecule has 140 valence electrons. The molecular formula is C20H21ClN4O2. The lowest BCUT2D eigenvalue weighted by atomic mass is 9.90. The van der Waals surface area contributed by atoms with Gasteiger partial charge in [0, 0.05) is 24.2 Å². The topological polar surface area (TPSA) is 77.3 Å². The molecule has 3 aromatic rings. The van der Waals surface area contributed by atoms with E-state index in [9.17, 15) is 4.79 Å². The molecule has 4 rings (SSSR count). The van der Waals surface area contributed by atoms with Crippen LogP contribution in [0.5, 0.6) is 0 Å². The van der Waals surface area contributed by atoms with E-state index in [0.717, 1.165) is 12.1 Å². The number of furan rings is 1. The number of amides is 1. The average molecular weight is 385 g/mol. The highest BCUT2D eigenvalue weighted by molar-refractivity contribution is 6.30. The highest BCUT2D eigenvalue weighted by atomic mass is 35.5. The number of likely N-dealkylation sites (tertiary alicyclic amines) is 1. The van der Waals surface area contributed by atoms with Crippen LogP contribution in [0, 0.1) is 5.41 Å². The van der Waals surface area contributed by atoms with E-state index >= 15 is 0 Å². The van der Waals surface area contributed by atoms with Crippen molar-refractivity contribution in [3.05, 3.63) is 59.4 Å². The summed E-state index contributed by atoms with van der Waals surface area (Å²) in [6.07, 6.45) is 2.50. The molecule has 0 saturated carbocycles. The maximum atomic E-state index is 13.0. The summed E-state index contributed by atoms with van der Waals surface area (Å²) in [5, 5.41) is 5.21. The van der Waals surface area contributed by atoms with Gasteiger partial charge in [-0.25, -0.2) is 4.68 Å². The Labute approximate surface area is 162 Å². The van der Waals surface area contributed by atoms with Gasteiger partial charge in [-0.05, 0) is 54.8 Å². The molecule has 1 saturated heterocycles. The van der Waals surface area contributed by atoms with Gasteiger partial charge in [-0.1, -0.05) is 18.5 Å². The van der Waals surface area contributed by atoms with Crippen LogP contribution in [-0.2, 0) is 0 Å². The second-order valence-corrected chi connectivity index (χ2v) is 7.71. The fourth-order valence-electron chi connectivity index (χ4n) is 3.39. The molecule has 1 unspecified atom stereocenters. The standard InChI is InChI=1S/C20H21ClN4O2/c1-20(12-22)8-9-24(13-20)19(26)16-11-17(18-3-2-10-27-18)25(23-16)15-6-4-14(21)5-7-15/h2-7,10-11H,8-9,12-13,22H2,1H3. The number of hydrogen-bond acceptors (Lipinski definition) is 4. The summed E-state index contributed by atoms with van der Waals surface area (Å²) in [4.78, 5) is 14.9. The summed E-state index contributed by atoms with van der Waals surface area (Å²) in [6, 6.07) is 12.7. The summed E-state index contributed by atoms with van der Waals surface area (Å²) >= 11 is 6.00. The minimum Gasteiger partial charge on any atom is -0.463 e. The molecule has 2 N–H and O–H groups in total. The monoisotopic (exact) mass is 384 g/mol. The Morgan fingerprint density at radius 1 is 1.33 bits per heavy atom. The predicted molar refractivity (Wildman–Crippen MR) is 104 cm³/mol. The predicted octanol–water partition coefficient (Wildman–Crippen LogP) is 3.60. The number of hydrogen-bond donors (Lipinski definition) is 1. The lowest BCUT2D eigenvalue weighted by Gasteiger charge is -2.22. The molecule has 0 bridgehead atoms. The van der Waals surface area contributed by atoms with Crippen LogP contribution in [0.1, 0.15) is 23.8 Å². The number of nitrogens with zero attached hydrogens (tertiary/aromatic N) is 3. The zero-order valence-corrected chi connectivity index (χ0v) is 15.8. The lowest BCUT2D eigenvalue weighted by molar-refractivity contribution is 0.0770. The Kier molecular flexibility index (Phi) is 4.53. The second kappa shape index (κ2) is 6.87. The third-order valence-electron chi connectivity index (χ3n) is 5.11. The van der Waals surface area contributed by atoms with Crippen molar-refractivity contribution in [1.29, 1.82) is 0 Å². The van der Waals surface area contributed by atoms with Gasteiger partial charge in [-0.15, -0.1) is 0 Å². The Bertz CT molecular complexity index is 949. The molecule has 27 heavy (non-hydrogen) atoms. The van der Waals surface area contributed by atoms with E-state index in [-0.39, 0.29) is 11.3 Å². The zero-order chi connectivity index (χ0) is 19.0. The number of aromatic nitrogens is 2. The van der Waals surface area contributed by atoms with Crippen LogP contribution < -0.4 is 5.73 Å². The van der Waals surface area contributed by atoms with Gasteiger partial charge in [0.15, 0.2) is 11.5 Å². The lowest BCUT2D eigenvalue weighted by Crippen LogP contribution is -2.34. The molecule has 7 heteroatoms. The number of benzene rings is 1. The van der Waals surface area contributed by atoms with Crippen molar-refractivity contribution < 1.29 is 9.21 Å². The molecule has 6 nitrogen and oxygen atoms in total. The Balaban J connectivity index is 1.71. The van der Waals surface area contributed by atoms with Crippen molar-refractivity contribution in [3.63, 3.8) is 0 Å². The van der Waals surface area contributed by atoms with Gasteiger partial charge >= 0.3 is 0 Å². The molecular weight excluding hydrogens is 364 g/mol. The van der Waals surface area contributed by atoms with Gasteiger partial charge in [0.1, 0.15) is 5.69 Å². The zero-order valence-electron chi connectivity index (χ0n) is 15.1. The van der Waals surface area contributed by atoms with Crippen LogP contribution in [0.4, 0.5) is 0 Å². The summed E-state index contributed by atoms with van der Waals surface area (Å²) in [6.45, 7) is 4.01. The van der Waals surface area contributed by atoms with E-state index in [4.69, 9.17) is 21.8 Å². The average Bonchev–Trinajstić information content (AvgIpc) is 3.41. The normalized spacial score (nSPS) is 19.6. The summed E-state index contributed by atoms with van der Waals surface area (Å²) in [5.41, 5.74) is 7.74. The number of halogens is 1. The highest BCUT2D eigenvalue weighted by Crippen LogP contribution is 2.31. The van der Waals surface area contributed by atoms with Crippen LogP contribution in [0.25, 0.3) is 17.1 Å². The Morgan fingerprint density at radius 2 is 2.11 bits per heavy atom. The van der Waals surface area contributed by atoms with E-state index in [0.29, 0.717) is 41.8 Å². The highest BCUT2D eigenvalue weighted by Gasteiger charge is 2.36. The van der Waals surface area contributed by atoms with Crippen molar-refractivity contribution in [2.75, 3.05) is 19.6 Å². The van der Waals surface area contributed by atoms with Crippen LogP contribution in [0.2, 0.25) is 5.02 Å². The molecule has 1 amide bonds. The van der Waals surface area contributed by atoms with E-state index < -0.39 is 0 Å². The number of rotatable bonds is 4. The molecule has 1 fully saturated rings. The van der Waals surface area contributed by atoms with Crippen molar-refractivity contribution in [3.8, 4) is 17.1 Å². The molecule has 0 spiro atoms. The number of nitrogens with two attached hydrogens (primary N) is 1. The second-order valence-electron chi connectivity index (χ2n) is 7.27. The molecule has 0 aliphatic carbocycles. The molecule has 1 aromatic carbocycles. The first-order valence-corrected chi connectivity index (χ1v) is 9.26. The quantitative estimate of drug-likeness (QED) is 0.745. The van der Waals surface area contributed by atoms with Crippen molar-refractivity contribution in [2.45, 2.75) is 13.3 Å². The summed E-state index contributed by atoms with van der Waals surface area (Å²) in [5.74, 6) is 0.553. The van der Waals surface area contributed by atoms with E-state index in [2.05, 4.69) is 12.0 Å². The van der Waals surface area contributed by atoms with Crippen molar-refractivity contribution in [2.24, 2.45) is 11.1 Å². The molecule has 1 aliphatic heterocycles.